The van der Waals surface area contributed by atoms with Crippen LogP contribution in [0.1, 0.15) is 12.8 Å². The van der Waals surface area contributed by atoms with Crippen molar-refractivity contribution in [3.05, 3.63) is 0 Å². The summed E-state index contributed by atoms with van der Waals surface area (Å²) in [7, 11) is 3.27. The van der Waals surface area contributed by atoms with Crippen LogP contribution in [0, 0.1) is 0 Å². The normalized spacial score (nSPS) is 26.4. The van der Waals surface area contributed by atoms with E-state index in [-0.39, 0.29) is 18.4 Å². The summed E-state index contributed by atoms with van der Waals surface area (Å²) in [6.45, 7) is 1.88. The van der Waals surface area contributed by atoms with Gasteiger partial charge in [0.05, 0.1) is 25.4 Å². The van der Waals surface area contributed by atoms with Crippen molar-refractivity contribution in [3.63, 3.8) is 0 Å². The van der Waals surface area contributed by atoms with E-state index in [0.29, 0.717) is 13.2 Å². The lowest BCUT2D eigenvalue weighted by Gasteiger charge is -2.16. The molecular weight excluding hydrogens is 198 g/mol. The van der Waals surface area contributed by atoms with Gasteiger partial charge in [-0.2, -0.15) is 0 Å². The third-order valence-corrected chi connectivity index (χ3v) is 2.60. The molecular formula is C10H21NO4. The summed E-state index contributed by atoms with van der Waals surface area (Å²) >= 11 is 0. The van der Waals surface area contributed by atoms with Crippen LogP contribution < -0.4 is 5.32 Å². The van der Waals surface area contributed by atoms with Crippen LogP contribution in [0.2, 0.25) is 0 Å². The Kier molecular flexibility index (Phi) is 6.12. The summed E-state index contributed by atoms with van der Waals surface area (Å²) in [6, 6.07) is 0.0774. The molecule has 0 aromatic heterocycles. The molecule has 0 amide bonds. The van der Waals surface area contributed by atoms with Gasteiger partial charge >= 0.3 is 0 Å². The van der Waals surface area contributed by atoms with Crippen molar-refractivity contribution < 1.29 is 19.3 Å². The minimum absolute atomic E-state index is 0.0774. The number of methoxy groups -OCH3 is 2. The average Bonchev–Trinajstić information content (AvgIpc) is 2.65. The largest absolute Gasteiger partial charge is 0.389 e. The van der Waals surface area contributed by atoms with E-state index in [4.69, 9.17) is 14.2 Å². The zero-order valence-corrected chi connectivity index (χ0v) is 9.44. The smallest absolute Gasteiger partial charge is 0.156 e. The first kappa shape index (κ1) is 12.9. The summed E-state index contributed by atoms with van der Waals surface area (Å²) in [5.74, 6) is 0. The maximum Gasteiger partial charge on any atom is 0.156 e. The lowest BCUT2D eigenvalue weighted by Crippen LogP contribution is -2.39. The Morgan fingerprint density at radius 1 is 1.40 bits per heavy atom. The molecule has 15 heavy (non-hydrogen) atoms. The van der Waals surface area contributed by atoms with Gasteiger partial charge in [0.2, 0.25) is 0 Å². The molecule has 0 aromatic carbocycles. The fraction of sp³-hybridized carbons (Fsp3) is 1.00. The van der Waals surface area contributed by atoms with Crippen LogP contribution in [0.3, 0.4) is 0 Å². The van der Waals surface area contributed by atoms with Crippen molar-refractivity contribution in [2.45, 2.75) is 31.3 Å². The van der Waals surface area contributed by atoms with Crippen molar-refractivity contribution >= 4 is 0 Å². The average molecular weight is 219 g/mol. The van der Waals surface area contributed by atoms with E-state index in [9.17, 15) is 5.11 Å². The molecule has 5 nitrogen and oxygen atoms in total. The van der Waals surface area contributed by atoms with Crippen molar-refractivity contribution in [2.75, 3.05) is 34.0 Å². The highest BCUT2D eigenvalue weighted by Gasteiger charge is 2.25. The fourth-order valence-electron chi connectivity index (χ4n) is 1.63. The highest BCUT2D eigenvalue weighted by atomic mass is 16.7. The molecule has 0 radical (unpaired) electrons. The number of hydrogen-bond acceptors (Lipinski definition) is 5. The molecule has 1 saturated heterocycles. The molecule has 0 aliphatic carbocycles. The summed E-state index contributed by atoms with van der Waals surface area (Å²) in [5, 5.41) is 12.7. The quantitative estimate of drug-likeness (QED) is 0.456. The van der Waals surface area contributed by atoms with E-state index in [1.165, 1.54) is 0 Å². The lowest BCUT2D eigenvalue weighted by molar-refractivity contribution is -0.106. The van der Waals surface area contributed by atoms with Gasteiger partial charge < -0.3 is 24.6 Å². The fourth-order valence-corrected chi connectivity index (χ4v) is 1.63. The minimum atomic E-state index is -0.370. The Bertz CT molecular complexity index is 164. The number of nitrogens with one attached hydrogen (secondary N) is 1. The first-order chi connectivity index (χ1) is 7.27. The zero-order chi connectivity index (χ0) is 11.1. The minimum Gasteiger partial charge on any atom is -0.389 e. The van der Waals surface area contributed by atoms with Gasteiger partial charge in [-0.15, -0.1) is 0 Å². The van der Waals surface area contributed by atoms with Gasteiger partial charge in [0.15, 0.2) is 6.29 Å². The molecule has 1 aliphatic heterocycles. The summed E-state index contributed by atoms with van der Waals surface area (Å²) in [4.78, 5) is 0. The van der Waals surface area contributed by atoms with Crippen molar-refractivity contribution in [1.29, 1.82) is 0 Å². The topological polar surface area (TPSA) is 60.0 Å². The highest BCUT2D eigenvalue weighted by Crippen LogP contribution is 2.06. The second-order valence-corrected chi connectivity index (χ2v) is 3.71. The Labute approximate surface area is 90.7 Å². The first-order valence-electron chi connectivity index (χ1n) is 5.32. The molecule has 1 aliphatic rings. The molecule has 0 bridgehead atoms. The van der Waals surface area contributed by atoms with Gasteiger partial charge in [-0.1, -0.05) is 0 Å². The third kappa shape index (κ3) is 4.44. The molecule has 0 saturated carbocycles. The zero-order valence-electron chi connectivity index (χ0n) is 9.44. The number of aliphatic hydroxyl groups is 1. The van der Waals surface area contributed by atoms with Crippen LogP contribution in [0.15, 0.2) is 0 Å². The number of hydrogen-bond donors (Lipinski definition) is 2. The van der Waals surface area contributed by atoms with E-state index in [1.807, 2.05) is 0 Å². The van der Waals surface area contributed by atoms with Gasteiger partial charge in [-0.3, -0.25) is 0 Å². The van der Waals surface area contributed by atoms with Crippen molar-refractivity contribution in [1.82, 2.24) is 5.32 Å². The third-order valence-electron chi connectivity index (χ3n) is 2.60. The Morgan fingerprint density at radius 3 is 2.67 bits per heavy atom. The van der Waals surface area contributed by atoms with E-state index in [2.05, 4.69) is 5.32 Å². The van der Waals surface area contributed by atoms with Gasteiger partial charge in [-0.25, -0.2) is 0 Å². The van der Waals surface area contributed by atoms with Crippen LogP contribution in [-0.2, 0) is 14.2 Å². The SMILES string of the molecule is COC(CCCN[C@@H]1COC[C@H]1O)OC. The molecule has 1 rings (SSSR count). The van der Waals surface area contributed by atoms with Gasteiger partial charge in [0.25, 0.3) is 0 Å². The summed E-state index contributed by atoms with van der Waals surface area (Å²) in [6.07, 6.45) is 1.31. The number of rotatable bonds is 7. The summed E-state index contributed by atoms with van der Waals surface area (Å²) in [5.41, 5.74) is 0. The highest BCUT2D eigenvalue weighted by molar-refractivity contribution is 4.80. The standard InChI is InChI=1S/C10H21NO4/c1-13-10(14-2)4-3-5-11-8-6-15-7-9(8)12/h8-12H,3-7H2,1-2H3/t8-,9-/m1/s1. The van der Waals surface area contributed by atoms with E-state index < -0.39 is 0 Å². The molecule has 90 valence electrons. The Balaban J connectivity index is 2.01. The lowest BCUT2D eigenvalue weighted by atomic mass is 10.2. The van der Waals surface area contributed by atoms with Crippen LogP contribution in [0.4, 0.5) is 0 Å². The van der Waals surface area contributed by atoms with Gasteiger partial charge in [-0.05, 0) is 19.4 Å². The predicted molar refractivity (Wildman–Crippen MR) is 55.7 cm³/mol. The predicted octanol–water partition coefficient (Wildman–Crippen LogP) is -0.265. The van der Waals surface area contributed by atoms with Crippen LogP contribution in [0.25, 0.3) is 0 Å². The second-order valence-electron chi connectivity index (χ2n) is 3.71. The van der Waals surface area contributed by atoms with Crippen LogP contribution >= 0.6 is 0 Å². The molecule has 1 fully saturated rings. The molecule has 0 aromatic rings. The van der Waals surface area contributed by atoms with Gasteiger partial charge in [0, 0.05) is 14.2 Å². The maximum atomic E-state index is 9.45. The molecule has 2 atom stereocenters. The van der Waals surface area contributed by atoms with Crippen molar-refractivity contribution in [3.8, 4) is 0 Å². The molecule has 1 heterocycles. The molecule has 0 spiro atoms. The van der Waals surface area contributed by atoms with E-state index >= 15 is 0 Å². The summed E-state index contributed by atoms with van der Waals surface area (Å²) < 4.78 is 15.3. The molecule has 5 heteroatoms. The molecule has 2 N–H and O–H groups in total. The second kappa shape index (κ2) is 7.14. The molecule has 0 unspecified atom stereocenters. The number of aliphatic hydroxyl groups excluding tert-OH is 1. The first-order valence-corrected chi connectivity index (χ1v) is 5.32. The van der Waals surface area contributed by atoms with E-state index in [0.717, 1.165) is 19.4 Å². The number of ether oxygens (including phenoxy) is 3. The van der Waals surface area contributed by atoms with Crippen molar-refractivity contribution in [2.24, 2.45) is 0 Å². The van der Waals surface area contributed by atoms with Gasteiger partial charge in [0.1, 0.15) is 0 Å². The Morgan fingerprint density at radius 2 is 2.13 bits per heavy atom. The van der Waals surface area contributed by atoms with Crippen LogP contribution in [-0.4, -0.2) is 57.5 Å². The maximum absolute atomic E-state index is 9.45. The monoisotopic (exact) mass is 219 g/mol. The van der Waals surface area contributed by atoms with E-state index in [1.54, 1.807) is 14.2 Å². The Hall–Kier alpha value is -0.200. The van der Waals surface area contributed by atoms with Crippen LogP contribution in [0.5, 0.6) is 0 Å².